The SMILES string of the molecule is O=Cc1ccc2cc(OC3CCC4(CCCC4)CC3)ccc2c1.c1ccc(N2CCN(Cc3ccc4cc(OC5CCC6(CCCC6)CC5)ccc4c3)CC2)nc1.c1ccc(N2CCNCC2)nc1. The number of rotatable bonds is 9. The van der Waals surface area contributed by atoms with Gasteiger partial charge in [-0.15, -0.1) is 0 Å². The molecule has 4 heterocycles. The summed E-state index contributed by atoms with van der Waals surface area (Å²) in [4.78, 5) is 26.9. The molecule has 2 aliphatic heterocycles. The highest BCUT2D eigenvalue weighted by molar-refractivity contribution is 5.89. The van der Waals surface area contributed by atoms with Crippen molar-refractivity contribution >= 4 is 39.5 Å². The molecule has 0 unspecified atom stereocenters. The van der Waals surface area contributed by atoms with Crippen LogP contribution in [0.25, 0.3) is 21.5 Å². The average molecular weight is 927 g/mol. The van der Waals surface area contributed by atoms with Gasteiger partial charge in [-0.05, 0) is 176 Å². The Labute approximate surface area is 411 Å². The molecule has 1 N–H and O–H groups in total. The van der Waals surface area contributed by atoms with E-state index in [1.54, 1.807) is 0 Å². The molecular formula is C60H74N6O3. The molecule has 12 rings (SSSR count). The molecule has 0 radical (unpaired) electrons. The second kappa shape index (κ2) is 22.5. The van der Waals surface area contributed by atoms with Crippen LogP contribution >= 0.6 is 0 Å². The Kier molecular flexibility index (Phi) is 15.4. The summed E-state index contributed by atoms with van der Waals surface area (Å²) in [7, 11) is 0. The Morgan fingerprint density at radius 2 is 1.00 bits per heavy atom. The molecule has 6 fully saturated rings. The van der Waals surface area contributed by atoms with Gasteiger partial charge in [0.15, 0.2) is 0 Å². The normalized spacial score (nSPS) is 21.4. The number of benzene rings is 4. The van der Waals surface area contributed by atoms with Gasteiger partial charge in [0.05, 0.1) is 12.2 Å². The second-order valence-corrected chi connectivity index (χ2v) is 21.2. The number of nitrogens with zero attached hydrogens (tertiary/aromatic N) is 5. The number of aldehydes is 1. The second-order valence-electron chi connectivity index (χ2n) is 21.2. The molecule has 4 aliphatic carbocycles. The van der Waals surface area contributed by atoms with E-state index in [1.165, 1.54) is 119 Å². The van der Waals surface area contributed by atoms with Crippen LogP contribution in [-0.2, 0) is 6.54 Å². The minimum atomic E-state index is 0.368. The number of fused-ring (bicyclic) bond motifs is 2. The Balaban J connectivity index is 0.000000135. The van der Waals surface area contributed by atoms with Crippen molar-refractivity contribution in [1.82, 2.24) is 20.2 Å². The minimum Gasteiger partial charge on any atom is -0.490 e. The Hall–Kier alpha value is -5.51. The summed E-state index contributed by atoms with van der Waals surface area (Å²) >= 11 is 0. The van der Waals surface area contributed by atoms with Crippen LogP contribution in [0, 0.1) is 10.8 Å². The lowest BCUT2D eigenvalue weighted by molar-refractivity contribution is 0.0825. The molecule has 2 saturated heterocycles. The molecule has 0 amide bonds. The number of hydrogen-bond acceptors (Lipinski definition) is 9. The van der Waals surface area contributed by atoms with E-state index in [4.69, 9.17) is 9.47 Å². The van der Waals surface area contributed by atoms with Crippen LogP contribution in [0.15, 0.2) is 122 Å². The van der Waals surface area contributed by atoms with E-state index in [2.05, 4.69) is 96.7 Å². The van der Waals surface area contributed by atoms with Gasteiger partial charge in [0.1, 0.15) is 29.4 Å². The number of ether oxygens (including phenoxy) is 2. The fourth-order valence-electron chi connectivity index (χ4n) is 12.5. The standard InChI is InChI=1S/C30H37N3O.C21H24O2.C9H13N3/c1-4-16-31-29(5-1)33-19-17-32(18-20-33)23-24-6-7-26-22-28(9-8-25(26)21-24)34-27-10-14-30(15-11-27)12-2-3-13-30;22-15-16-3-4-18-14-20(6-5-17(18)13-16)23-19-7-11-21(12-8-19)9-1-2-10-21;1-2-4-11-9(3-1)12-7-5-10-6-8-12/h1,4-9,16,21-22,27H,2-3,10-15,17-20,23H2;3-6,13-15,19H,1-2,7-12H2;1-4,10H,5-8H2. The summed E-state index contributed by atoms with van der Waals surface area (Å²) in [5, 5.41) is 8.14. The van der Waals surface area contributed by atoms with Crippen LogP contribution in [0.1, 0.15) is 119 Å². The Morgan fingerprint density at radius 1 is 0.522 bits per heavy atom. The van der Waals surface area contributed by atoms with E-state index in [9.17, 15) is 4.79 Å². The Bertz CT molecular complexity index is 2540. The molecule has 4 aromatic carbocycles. The molecule has 6 aromatic rings. The van der Waals surface area contributed by atoms with Gasteiger partial charge in [-0.25, -0.2) is 9.97 Å². The van der Waals surface area contributed by atoms with E-state index < -0.39 is 0 Å². The van der Waals surface area contributed by atoms with E-state index in [0.29, 0.717) is 23.0 Å². The molecule has 2 aromatic heterocycles. The monoisotopic (exact) mass is 927 g/mol. The quantitative estimate of drug-likeness (QED) is 0.143. The highest BCUT2D eigenvalue weighted by Gasteiger charge is 2.39. The third-order valence-electron chi connectivity index (χ3n) is 16.6. The summed E-state index contributed by atoms with van der Waals surface area (Å²) in [6, 6.07) is 37.8. The molecule has 9 nitrogen and oxygen atoms in total. The third-order valence-corrected chi connectivity index (χ3v) is 16.6. The summed E-state index contributed by atoms with van der Waals surface area (Å²) < 4.78 is 12.7. The smallest absolute Gasteiger partial charge is 0.150 e. The minimum absolute atomic E-state index is 0.368. The van der Waals surface area contributed by atoms with E-state index in [-0.39, 0.29) is 0 Å². The van der Waals surface area contributed by atoms with Gasteiger partial charge >= 0.3 is 0 Å². The van der Waals surface area contributed by atoms with E-state index >= 15 is 0 Å². The maximum Gasteiger partial charge on any atom is 0.150 e. The van der Waals surface area contributed by atoms with Crippen molar-refractivity contribution in [3.05, 3.63) is 133 Å². The first kappa shape index (κ1) is 47.2. The maximum absolute atomic E-state index is 10.9. The summed E-state index contributed by atoms with van der Waals surface area (Å²) in [5.74, 6) is 4.19. The lowest BCUT2D eigenvalue weighted by atomic mass is 9.72. The number of carbonyl (C=O) groups excluding carboxylic acids is 1. The first-order chi connectivity index (χ1) is 34.0. The van der Waals surface area contributed by atoms with Gasteiger partial charge in [0.2, 0.25) is 0 Å². The van der Waals surface area contributed by atoms with Crippen LogP contribution in [0.5, 0.6) is 11.5 Å². The number of pyridine rings is 2. The lowest BCUT2D eigenvalue weighted by Crippen LogP contribution is -2.46. The third kappa shape index (κ3) is 12.3. The number of aromatic nitrogens is 2. The molecule has 2 spiro atoms. The van der Waals surface area contributed by atoms with Crippen LogP contribution in [0.3, 0.4) is 0 Å². The molecule has 0 atom stereocenters. The molecule has 9 heteroatoms. The van der Waals surface area contributed by atoms with Gasteiger partial charge in [-0.1, -0.05) is 74.2 Å². The van der Waals surface area contributed by atoms with Crippen LogP contribution in [-0.4, -0.2) is 85.7 Å². The van der Waals surface area contributed by atoms with Crippen molar-refractivity contribution in [3.8, 4) is 11.5 Å². The van der Waals surface area contributed by atoms with Gasteiger partial charge in [-0.2, -0.15) is 0 Å². The van der Waals surface area contributed by atoms with Gasteiger partial charge in [0.25, 0.3) is 0 Å². The number of piperazine rings is 2. The van der Waals surface area contributed by atoms with Crippen molar-refractivity contribution in [2.24, 2.45) is 10.8 Å². The molecule has 4 saturated carbocycles. The van der Waals surface area contributed by atoms with E-state index in [0.717, 1.165) is 105 Å². The zero-order chi connectivity index (χ0) is 46.7. The first-order valence-electron chi connectivity index (χ1n) is 26.6. The van der Waals surface area contributed by atoms with Crippen LogP contribution < -0.4 is 24.6 Å². The largest absolute Gasteiger partial charge is 0.490 e. The predicted molar refractivity (Wildman–Crippen MR) is 282 cm³/mol. The van der Waals surface area contributed by atoms with Crippen molar-refractivity contribution < 1.29 is 14.3 Å². The highest BCUT2D eigenvalue weighted by Crippen LogP contribution is 2.50. The van der Waals surface area contributed by atoms with Crippen LogP contribution in [0.4, 0.5) is 11.6 Å². The zero-order valence-electron chi connectivity index (χ0n) is 40.9. The average Bonchev–Trinajstić information content (AvgIpc) is 4.09. The number of hydrogen-bond donors (Lipinski definition) is 1. The Morgan fingerprint density at radius 3 is 1.51 bits per heavy atom. The highest BCUT2D eigenvalue weighted by atomic mass is 16.5. The molecule has 0 bridgehead atoms. The summed E-state index contributed by atoms with van der Waals surface area (Å²) in [5.41, 5.74) is 3.45. The van der Waals surface area contributed by atoms with Crippen molar-refractivity contribution in [1.29, 1.82) is 0 Å². The number of anilines is 2. The summed E-state index contributed by atoms with van der Waals surface area (Å²) in [6.07, 6.45) is 27.2. The fourth-order valence-corrected chi connectivity index (χ4v) is 12.5. The number of carbonyl (C=O) groups is 1. The predicted octanol–water partition coefficient (Wildman–Crippen LogP) is 12.5. The first-order valence-corrected chi connectivity index (χ1v) is 26.6. The van der Waals surface area contributed by atoms with Crippen molar-refractivity contribution in [2.45, 2.75) is 121 Å². The maximum atomic E-state index is 10.9. The fraction of sp³-hybridized carbons (Fsp3) is 0.483. The van der Waals surface area contributed by atoms with Crippen LogP contribution in [0.2, 0.25) is 0 Å². The van der Waals surface area contributed by atoms with Crippen molar-refractivity contribution in [3.63, 3.8) is 0 Å². The summed E-state index contributed by atoms with van der Waals surface area (Å²) in [6.45, 7) is 9.49. The van der Waals surface area contributed by atoms with Gasteiger partial charge in [-0.3, -0.25) is 9.69 Å². The molecular weight excluding hydrogens is 853 g/mol. The number of nitrogens with one attached hydrogen (secondary N) is 1. The van der Waals surface area contributed by atoms with Gasteiger partial charge < -0.3 is 24.6 Å². The topological polar surface area (TPSA) is 83.1 Å². The molecule has 69 heavy (non-hydrogen) atoms. The van der Waals surface area contributed by atoms with E-state index in [1.807, 2.05) is 54.9 Å². The lowest BCUT2D eigenvalue weighted by Gasteiger charge is -2.37. The zero-order valence-corrected chi connectivity index (χ0v) is 40.9. The molecule has 6 aliphatic rings. The molecule has 362 valence electrons. The van der Waals surface area contributed by atoms with Gasteiger partial charge in [0, 0.05) is 76.9 Å². The van der Waals surface area contributed by atoms with Crippen molar-refractivity contribution in [2.75, 3.05) is 62.2 Å².